The summed E-state index contributed by atoms with van der Waals surface area (Å²) in [5.74, 6) is -0.159. The molecule has 4 aromatic rings. The van der Waals surface area contributed by atoms with E-state index in [1.54, 1.807) is 30.3 Å². The predicted octanol–water partition coefficient (Wildman–Crippen LogP) is 5.39. The van der Waals surface area contributed by atoms with Gasteiger partial charge in [0.2, 0.25) is 0 Å². The molecule has 0 aliphatic rings. The third kappa shape index (κ3) is 3.82. The lowest BCUT2D eigenvalue weighted by molar-refractivity contribution is 0.102. The summed E-state index contributed by atoms with van der Waals surface area (Å²) in [6.45, 7) is 2.12. The standard InChI is InChI=1S/C22H19N3O2/c1-2-15-8-10-17(11-9-15)24-22-25-19-14-18(12-13-20(19)27-22)23-21(26)16-6-4-3-5-7-16/h3-14H,2H2,1H3,(H,23,26)(H,24,25). The van der Waals surface area contributed by atoms with Gasteiger partial charge in [-0.2, -0.15) is 4.98 Å². The zero-order valence-corrected chi connectivity index (χ0v) is 14.9. The van der Waals surface area contributed by atoms with Crippen molar-refractivity contribution in [3.8, 4) is 0 Å². The number of oxazole rings is 1. The maximum absolute atomic E-state index is 12.3. The number of nitrogens with zero attached hydrogens (tertiary/aromatic N) is 1. The van der Waals surface area contributed by atoms with Crippen LogP contribution in [0.5, 0.6) is 0 Å². The van der Waals surface area contributed by atoms with Crippen molar-refractivity contribution in [3.63, 3.8) is 0 Å². The second-order valence-corrected chi connectivity index (χ2v) is 6.20. The molecule has 4 rings (SSSR count). The van der Waals surface area contributed by atoms with Crippen LogP contribution in [0.4, 0.5) is 17.4 Å². The Bertz CT molecular complexity index is 1070. The van der Waals surface area contributed by atoms with Gasteiger partial charge in [0.05, 0.1) is 0 Å². The first-order valence-corrected chi connectivity index (χ1v) is 8.84. The number of hydrogen-bond acceptors (Lipinski definition) is 4. The van der Waals surface area contributed by atoms with E-state index in [2.05, 4.69) is 34.7 Å². The van der Waals surface area contributed by atoms with Crippen LogP contribution >= 0.6 is 0 Å². The summed E-state index contributed by atoms with van der Waals surface area (Å²) in [5, 5.41) is 6.05. The van der Waals surface area contributed by atoms with Crippen LogP contribution in [-0.4, -0.2) is 10.9 Å². The molecular formula is C22H19N3O2. The third-order valence-corrected chi connectivity index (χ3v) is 4.29. The first-order valence-electron chi connectivity index (χ1n) is 8.84. The molecule has 1 amide bonds. The van der Waals surface area contributed by atoms with Crippen molar-refractivity contribution in [2.45, 2.75) is 13.3 Å². The smallest absolute Gasteiger partial charge is 0.300 e. The minimum absolute atomic E-state index is 0.159. The van der Waals surface area contributed by atoms with E-state index in [1.165, 1.54) is 5.56 Å². The highest BCUT2D eigenvalue weighted by Crippen LogP contribution is 2.25. The molecule has 0 bridgehead atoms. The van der Waals surface area contributed by atoms with Crippen molar-refractivity contribution in [1.82, 2.24) is 4.98 Å². The molecule has 2 N–H and O–H groups in total. The maximum Gasteiger partial charge on any atom is 0.300 e. The summed E-state index contributed by atoms with van der Waals surface area (Å²) in [6.07, 6.45) is 1.00. The summed E-state index contributed by atoms with van der Waals surface area (Å²) in [5.41, 5.74) is 4.79. The maximum atomic E-state index is 12.3. The van der Waals surface area contributed by atoms with Gasteiger partial charge in [0, 0.05) is 16.9 Å². The fourth-order valence-corrected chi connectivity index (χ4v) is 2.80. The summed E-state index contributed by atoms with van der Waals surface area (Å²) in [6, 6.07) is 23.0. The normalized spacial score (nSPS) is 10.7. The van der Waals surface area contributed by atoms with Crippen LogP contribution in [0.2, 0.25) is 0 Å². The number of rotatable bonds is 5. The van der Waals surface area contributed by atoms with E-state index < -0.39 is 0 Å². The molecule has 3 aromatic carbocycles. The van der Waals surface area contributed by atoms with Gasteiger partial charge in [-0.1, -0.05) is 37.3 Å². The second-order valence-electron chi connectivity index (χ2n) is 6.20. The Morgan fingerprint density at radius 3 is 2.44 bits per heavy atom. The number of aryl methyl sites for hydroxylation is 1. The van der Waals surface area contributed by atoms with Crippen molar-refractivity contribution in [3.05, 3.63) is 83.9 Å². The fourth-order valence-electron chi connectivity index (χ4n) is 2.80. The molecule has 0 spiro atoms. The largest absolute Gasteiger partial charge is 0.423 e. The Morgan fingerprint density at radius 2 is 1.70 bits per heavy atom. The molecule has 0 aliphatic heterocycles. The van der Waals surface area contributed by atoms with E-state index in [0.29, 0.717) is 28.4 Å². The quantitative estimate of drug-likeness (QED) is 0.503. The molecular weight excluding hydrogens is 338 g/mol. The lowest BCUT2D eigenvalue weighted by Gasteiger charge is -2.04. The van der Waals surface area contributed by atoms with Crippen LogP contribution < -0.4 is 10.6 Å². The third-order valence-electron chi connectivity index (χ3n) is 4.29. The van der Waals surface area contributed by atoms with Crippen LogP contribution in [-0.2, 0) is 6.42 Å². The Balaban J connectivity index is 1.52. The number of carbonyl (C=O) groups is 1. The van der Waals surface area contributed by atoms with Crippen LogP contribution in [0.3, 0.4) is 0 Å². The highest BCUT2D eigenvalue weighted by atomic mass is 16.4. The van der Waals surface area contributed by atoms with Crippen molar-refractivity contribution < 1.29 is 9.21 Å². The average molecular weight is 357 g/mol. The molecule has 1 aromatic heterocycles. The van der Waals surface area contributed by atoms with Crippen LogP contribution in [0.15, 0.2) is 77.2 Å². The van der Waals surface area contributed by atoms with Gasteiger partial charge in [-0.15, -0.1) is 0 Å². The molecule has 0 unspecified atom stereocenters. The molecule has 5 heteroatoms. The monoisotopic (exact) mass is 357 g/mol. The molecule has 134 valence electrons. The highest BCUT2D eigenvalue weighted by Gasteiger charge is 2.09. The van der Waals surface area contributed by atoms with Crippen LogP contribution in [0.1, 0.15) is 22.8 Å². The van der Waals surface area contributed by atoms with E-state index in [-0.39, 0.29) is 5.91 Å². The van der Waals surface area contributed by atoms with E-state index in [0.717, 1.165) is 12.1 Å². The minimum atomic E-state index is -0.159. The zero-order valence-electron chi connectivity index (χ0n) is 14.9. The lowest BCUT2D eigenvalue weighted by Crippen LogP contribution is -2.11. The van der Waals surface area contributed by atoms with Crippen molar-refractivity contribution in [2.75, 3.05) is 10.6 Å². The van der Waals surface area contributed by atoms with E-state index in [9.17, 15) is 4.79 Å². The SMILES string of the molecule is CCc1ccc(Nc2nc3cc(NC(=O)c4ccccc4)ccc3o2)cc1. The molecule has 0 radical (unpaired) electrons. The van der Waals surface area contributed by atoms with Crippen LogP contribution in [0.25, 0.3) is 11.1 Å². The average Bonchev–Trinajstić information content (AvgIpc) is 3.10. The first-order chi connectivity index (χ1) is 13.2. The number of carbonyl (C=O) groups excluding carboxylic acids is 1. The zero-order chi connectivity index (χ0) is 18.6. The van der Waals surface area contributed by atoms with Crippen molar-refractivity contribution >= 4 is 34.4 Å². The molecule has 27 heavy (non-hydrogen) atoms. The number of hydrogen-bond donors (Lipinski definition) is 2. The van der Waals surface area contributed by atoms with Crippen molar-refractivity contribution in [1.29, 1.82) is 0 Å². The Hall–Kier alpha value is -3.60. The number of fused-ring (bicyclic) bond motifs is 1. The molecule has 0 atom stereocenters. The van der Waals surface area contributed by atoms with Gasteiger partial charge in [-0.05, 0) is 54.4 Å². The van der Waals surface area contributed by atoms with Gasteiger partial charge in [-0.3, -0.25) is 4.79 Å². The van der Waals surface area contributed by atoms with E-state index >= 15 is 0 Å². The molecule has 0 fully saturated rings. The van der Waals surface area contributed by atoms with Crippen LogP contribution in [0, 0.1) is 0 Å². The summed E-state index contributed by atoms with van der Waals surface area (Å²) >= 11 is 0. The molecule has 5 nitrogen and oxygen atoms in total. The Morgan fingerprint density at radius 1 is 0.963 bits per heavy atom. The second kappa shape index (κ2) is 7.33. The topological polar surface area (TPSA) is 67.2 Å². The molecule has 0 saturated heterocycles. The summed E-state index contributed by atoms with van der Waals surface area (Å²) < 4.78 is 5.74. The van der Waals surface area contributed by atoms with Gasteiger partial charge in [0.25, 0.3) is 11.9 Å². The van der Waals surface area contributed by atoms with Gasteiger partial charge >= 0.3 is 0 Å². The van der Waals surface area contributed by atoms with Gasteiger partial charge in [0.1, 0.15) is 5.52 Å². The Kier molecular flexibility index (Phi) is 4.58. The van der Waals surface area contributed by atoms with E-state index in [1.807, 2.05) is 30.3 Å². The number of amides is 1. The molecule has 0 aliphatic carbocycles. The number of benzene rings is 3. The number of nitrogens with one attached hydrogen (secondary N) is 2. The number of aromatic nitrogens is 1. The van der Waals surface area contributed by atoms with Crippen molar-refractivity contribution in [2.24, 2.45) is 0 Å². The van der Waals surface area contributed by atoms with Gasteiger partial charge < -0.3 is 15.1 Å². The molecule has 0 saturated carbocycles. The predicted molar refractivity (Wildman–Crippen MR) is 108 cm³/mol. The number of anilines is 3. The van der Waals surface area contributed by atoms with E-state index in [4.69, 9.17) is 4.42 Å². The minimum Gasteiger partial charge on any atom is -0.423 e. The molecule has 1 heterocycles. The lowest BCUT2D eigenvalue weighted by atomic mass is 10.1. The highest BCUT2D eigenvalue weighted by molar-refractivity contribution is 6.04. The first kappa shape index (κ1) is 16.8. The summed E-state index contributed by atoms with van der Waals surface area (Å²) in [4.78, 5) is 16.7. The van der Waals surface area contributed by atoms with Gasteiger partial charge in [0.15, 0.2) is 5.58 Å². The summed E-state index contributed by atoms with van der Waals surface area (Å²) in [7, 11) is 0. The fraction of sp³-hybridized carbons (Fsp3) is 0.0909. The van der Waals surface area contributed by atoms with Gasteiger partial charge in [-0.25, -0.2) is 0 Å². The Labute approximate surface area is 157 Å².